The minimum atomic E-state index is -0.199. The molecular formula is C32H34FN. The molecule has 0 aromatic heterocycles. The molecule has 6 rings (SSSR count). The second-order valence-electron chi connectivity index (χ2n) is 10.4. The van der Waals surface area contributed by atoms with Gasteiger partial charge in [0.1, 0.15) is 0 Å². The van der Waals surface area contributed by atoms with E-state index in [0.29, 0.717) is 12.3 Å². The van der Waals surface area contributed by atoms with Crippen LogP contribution in [0.25, 0.3) is 11.1 Å². The Morgan fingerprint density at radius 1 is 0.765 bits per heavy atom. The van der Waals surface area contributed by atoms with Crippen molar-refractivity contribution in [3.8, 4) is 0 Å². The topological polar surface area (TPSA) is 3.24 Å². The molecule has 1 heterocycles. The van der Waals surface area contributed by atoms with Crippen molar-refractivity contribution in [2.24, 2.45) is 5.92 Å². The van der Waals surface area contributed by atoms with Crippen LogP contribution < -0.4 is 0 Å². The summed E-state index contributed by atoms with van der Waals surface area (Å²) in [6.45, 7) is 2.94. The van der Waals surface area contributed by atoms with E-state index < -0.39 is 0 Å². The van der Waals surface area contributed by atoms with Crippen LogP contribution in [0.2, 0.25) is 0 Å². The first kappa shape index (κ1) is 21.8. The summed E-state index contributed by atoms with van der Waals surface area (Å²) in [5, 5.41) is 0. The zero-order chi connectivity index (χ0) is 22.9. The SMILES string of the molecule is FCCCN1CC(Cc2ccc(C3=C(c4cccc5c4CC5)CCCc4ccccc43)cc2)C1. The number of likely N-dealkylation sites (tertiary alicyclic amines) is 1. The number of benzene rings is 3. The maximum Gasteiger partial charge on any atom is 0.0906 e. The van der Waals surface area contributed by atoms with Gasteiger partial charge in [-0.25, -0.2) is 0 Å². The molecule has 174 valence electrons. The number of aryl methyl sites for hydroxylation is 2. The van der Waals surface area contributed by atoms with Gasteiger partial charge in [0.2, 0.25) is 0 Å². The number of fused-ring (bicyclic) bond motifs is 2. The summed E-state index contributed by atoms with van der Waals surface area (Å²) in [6.07, 6.45) is 7.73. The molecule has 0 N–H and O–H groups in total. The second kappa shape index (κ2) is 9.50. The Labute approximate surface area is 203 Å². The van der Waals surface area contributed by atoms with Crippen molar-refractivity contribution in [2.45, 2.75) is 44.9 Å². The number of hydrogen-bond acceptors (Lipinski definition) is 1. The molecule has 0 bridgehead atoms. The molecule has 1 fully saturated rings. The highest BCUT2D eigenvalue weighted by Gasteiger charge is 2.27. The van der Waals surface area contributed by atoms with Gasteiger partial charge < -0.3 is 4.90 Å². The fourth-order valence-electron chi connectivity index (χ4n) is 6.27. The highest BCUT2D eigenvalue weighted by Crippen LogP contribution is 2.43. The molecule has 3 aromatic carbocycles. The first-order chi connectivity index (χ1) is 16.8. The van der Waals surface area contributed by atoms with Gasteiger partial charge in [0.05, 0.1) is 6.67 Å². The number of rotatable bonds is 7. The van der Waals surface area contributed by atoms with E-state index in [2.05, 4.69) is 71.6 Å². The lowest BCUT2D eigenvalue weighted by Gasteiger charge is -2.39. The van der Waals surface area contributed by atoms with Crippen molar-refractivity contribution < 1.29 is 4.39 Å². The van der Waals surface area contributed by atoms with Gasteiger partial charge in [0.15, 0.2) is 0 Å². The Balaban J connectivity index is 1.33. The molecule has 0 amide bonds. The Morgan fingerprint density at radius 2 is 1.56 bits per heavy atom. The van der Waals surface area contributed by atoms with Crippen molar-refractivity contribution >= 4 is 11.1 Å². The second-order valence-corrected chi connectivity index (χ2v) is 10.4. The third kappa shape index (κ3) is 4.14. The molecule has 1 saturated heterocycles. The molecule has 3 aliphatic rings. The van der Waals surface area contributed by atoms with Gasteiger partial charge in [-0.3, -0.25) is 4.39 Å². The third-order valence-electron chi connectivity index (χ3n) is 8.11. The summed E-state index contributed by atoms with van der Waals surface area (Å²) in [5.74, 6) is 0.710. The van der Waals surface area contributed by atoms with Gasteiger partial charge >= 0.3 is 0 Å². The number of allylic oxidation sites excluding steroid dienone is 1. The summed E-state index contributed by atoms with van der Waals surface area (Å²) in [7, 11) is 0. The molecule has 0 unspecified atom stereocenters. The number of halogens is 1. The summed E-state index contributed by atoms with van der Waals surface area (Å²) in [4.78, 5) is 2.38. The average Bonchev–Trinajstić information content (AvgIpc) is 3.01. The fraction of sp³-hybridized carbons (Fsp3) is 0.375. The lowest BCUT2D eigenvalue weighted by atomic mass is 9.79. The molecular weight excluding hydrogens is 417 g/mol. The molecule has 3 aromatic rings. The zero-order valence-corrected chi connectivity index (χ0v) is 20.0. The molecule has 0 radical (unpaired) electrons. The van der Waals surface area contributed by atoms with E-state index in [4.69, 9.17) is 0 Å². The van der Waals surface area contributed by atoms with Gasteiger partial charge in [-0.05, 0) is 101 Å². The predicted molar refractivity (Wildman–Crippen MR) is 140 cm³/mol. The Morgan fingerprint density at radius 3 is 2.35 bits per heavy atom. The first-order valence-corrected chi connectivity index (χ1v) is 13.1. The monoisotopic (exact) mass is 451 g/mol. The van der Waals surface area contributed by atoms with Crippen LogP contribution in [0.15, 0.2) is 66.7 Å². The van der Waals surface area contributed by atoms with E-state index in [9.17, 15) is 4.39 Å². The van der Waals surface area contributed by atoms with E-state index in [1.54, 1.807) is 11.1 Å². The van der Waals surface area contributed by atoms with Gasteiger partial charge in [0.25, 0.3) is 0 Å². The molecule has 1 nitrogen and oxygen atoms in total. The smallest absolute Gasteiger partial charge is 0.0906 e. The van der Waals surface area contributed by atoms with Crippen LogP contribution in [0.3, 0.4) is 0 Å². The molecule has 34 heavy (non-hydrogen) atoms. The molecule has 0 saturated carbocycles. The largest absolute Gasteiger partial charge is 0.303 e. The van der Waals surface area contributed by atoms with Crippen LogP contribution in [-0.4, -0.2) is 31.2 Å². The van der Waals surface area contributed by atoms with Crippen molar-refractivity contribution in [1.82, 2.24) is 4.90 Å². The van der Waals surface area contributed by atoms with E-state index in [1.807, 2.05) is 0 Å². The first-order valence-electron chi connectivity index (χ1n) is 13.1. The molecule has 1 aliphatic heterocycles. The maximum atomic E-state index is 12.4. The molecule has 2 heteroatoms. The third-order valence-corrected chi connectivity index (χ3v) is 8.11. The van der Waals surface area contributed by atoms with E-state index in [0.717, 1.165) is 38.9 Å². The molecule has 2 aliphatic carbocycles. The van der Waals surface area contributed by atoms with E-state index in [1.165, 1.54) is 58.2 Å². The van der Waals surface area contributed by atoms with Gasteiger partial charge in [-0.2, -0.15) is 0 Å². The molecule has 0 atom stereocenters. The standard InChI is InChI=1S/C32H34FN/c33-18-5-19-34-21-24(22-34)20-23-12-14-27(15-13-23)32-29-9-2-1-6-25(29)7-4-11-31(32)30-10-3-8-26-16-17-28(26)30/h1-3,6,8-10,12-15,24H,4-5,7,11,16-22H2. The Kier molecular flexibility index (Phi) is 6.09. The summed E-state index contributed by atoms with van der Waals surface area (Å²) in [6, 6.07) is 25.4. The van der Waals surface area contributed by atoms with Crippen LogP contribution >= 0.6 is 0 Å². The average molecular weight is 452 g/mol. The predicted octanol–water partition coefficient (Wildman–Crippen LogP) is 6.91. The number of hydrogen-bond donors (Lipinski definition) is 0. The quantitative estimate of drug-likeness (QED) is 0.377. The van der Waals surface area contributed by atoms with Gasteiger partial charge in [0, 0.05) is 19.6 Å². The summed E-state index contributed by atoms with van der Waals surface area (Å²) < 4.78 is 12.4. The lowest BCUT2D eigenvalue weighted by Crippen LogP contribution is -2.47. The lowest BCUT2D eigenvalue weighted by molar-refractivity contribution is 0.0968. The Bertz CT molecular complexity index is 1200. The van der Waals surface area contributed by atoms with E-state index in [-0.39, 0.29) is 6.67 Å². The molecule has 0 spiro atoms. The van der Waals surface area contributed by atoms with E-state index >= 15 is 0 Å². The van der Waals surface area contributed by atoms with Crippen LogP contribution in [0.5, 0.6) is 0 Å². The summed E-state index contributed by atoms with van der Waals surface area (Å²) in [5.41, 5.74) is 13.3. The van der Waals surface area contributed by atoms with Crippen LogP contribution in [0, 0.1) is 5.92 Å². The van der Waals surface area contributed by atoms with Crippen molar-refractivity contribution in [2.75, 3.05) is 26.3 Å². The van der Waals surface area contributed by atoms with Crippen LogP contribution in [-0.2, 0) is 25.7 Å². The summed E-state index contributed by atoms with van der Waals surface area (Å²) >= 11 is 0. The van der Waals surface area contributed by atoms with Gasteiger partial charge in [-0.15, -0.1) is 0 Å². The Hall–Kier alpha value is -2.71. The fourth-order valence-corrected chi connectivity index (χ4v) is 6.27. The van der Waals surface area contributed by atoms with Crippen LogP contribution in [0.4, 0.5) is 4.39 Å². The number of nitrogens with zero attached hydrogens (tertiary/aromatic N) is 1. The van der Waals surface area contributed by atoms with Crippen molar-refractivity contribution in [3.05, 3.63) is 106 Å². The minimum absolute atomic E-state index is 0.199. The normalized spacial score (nSPS) is 18.0. The highest BCUT2D eigenvalue weighted by molar-refractivity contribution is 6.00. The van der Waals surface area contributed by atoms with Crippen molar-refractivity contribution in [1.29, 1.82) is 0 Å². The van der Waals surface area contributed by atoms with Crippen molar-refractivity contribution in [3.63, 3.8) is 0 Å². The maximum absolute atomic E-state index is 12.4. The zero-order valence-electron chi connectivity index (χ0n) is 20.0. The minimum Gasteiger partial charge on any atom is -0.303 e. The highest BCUT2D eigenvalue weighted by atomic mass is 19.1. The van der Waals surface area contributed by atoms with Gasteiger partial charge in [-0.1, -0.05) is 66.7 Å². The number of alkyl halides is 1. The van der Waals surface area contributed by atoms with Crippen LogP contribution in [0.1, 0.15) is 58.2 Å².